The number of carbonyl (C=O) groups is 4. The van der Waals surface area contributed by atoms with E-state index < -0.39 is 95.3 Å². The fraction of sp³-hybridized carbons (Fsp3) is 0.545. The van der Waals surface area contributed by atoms with Gasteiger partial charge in [-0.3, -0.25) is 32.9 Å². The Hall–Kier alpha value is -3.59. The van der Waals surface area contributed by atoms with E-state index in [-0.39, 0.29) is 60.9 Å². The minimum atomic E-state index is -5.96. The number of fused-ring (bicyclic) bond motifs is 1. The number of benzene rings is 1. The summed E-state index contributed by atoms with van der Waals surface area (Å²) in [5, 5.41) is 36.1. The number of amides is 2. The molecule has 0 radical (unpaired) electrons. The molecule has 2 aromatic heterocycles. The second-order valence-corrected chi connectivity index (χ2v) is 19.8. The molecule has 350 valence electrons. The highest BCUT2D eigenvalue weighted by atomic mass is 32.2. The van der Waals surface area contributed by atoms with E-state index >= 15 is 0 Å². The van der Waals surface area contributed by atoms with E-state index in [0.29, 0.717) is 5.56 Å². The van der Waals surface area contributed by atoms with Gasteiger partial charge in [0.05, 0.1) is 33.5 Å². The Morgan fingerprint density at radius 3 is 2.33 bits per heavy atom. The molecule has 63 heavy (non-hydrogen) atoms. The summed E-state index contributed by atoms with van der Waals surface area (Å²) < 4.78 is 61.1. The van der Waals surface area contributed by atoms with Gasteiger partial charge in [-0.2, -0.15) is 0 Å². The average Bonchev–Trinajstić information content (AvgIpc) is 3.74. The van der Waals surface area contributed by atoms with Gasteiger partial charge in [-0.1, -0.05) is 55.9 Å². The lowest BCUT2D eigenvalue weighted by atomic mass is 9.87. The summed E-state index contributed by atoms with van der Waals surface area (Å²) in [5.41, 5.74) is 2.35. The van der Waals surface area contributed by atoms with Crippen LogP contribution in [0.2, 0.25) is 0 Å². The summed E-state index contributed by atoms with van der Waals surface area (Å²) in [4.78, 5) is 109. The number of ether oxygens (including phenoxy) is 1. The zero-order valence-corrected chi connectivity index (χ0v) is 37.1. The Morgan fingerprint density at radius 2 is 1.67 bits per heavy atom. The number of aromatic nitrogens is 4. The van der Waals surface area contributed by atoms with Crippen molar-refractivity contribution in [3.05, 3.63) is 48.5 Å². The van der Waals surface area contributed by atoms with Gasteiger partial charge < -0.3 is 74.1 Å². The maximum absolute atomic E-state index is 12.6. The van der Waals surface area contributed by atoms with Gasteiger partial charge in [-0.15, -0.1) is 0 Å². The summed E-state index contributed by atoms with van der Waals surface area (Å²) >= 11 is 0.838. The number of thioether (sulfide) groups is 1. The van der Waals surface area contributed by atoms with Crippen LogP contribution >= 0.6 is 35.2 Å². The molecular weight excluding hydrogens is 923 g/mol. The number of rotatable bonds is 24. The van der Waals surface area contributed by atoms with Crippen molar-refractivity contribution in [2.45, 2.75) is 76.3 Å². The number of nitrogens with zero attached hydrogens (tertiary/aromatic N) is 4. The van der Waals surface area contributed by atoms with Crippen molar-refractivity contribution < 1.29 is 90.4 Å². The molecule has 1 aromatic carbocycles. The van der Waals surface area contributed by atoms with Gasteiger partial charge in [0.25, 0.3) is 15.6 Å². The number of aliphatic hydroxyl groups excluding tert-OH is 3. The van der Waals surface area contributed by atoms with Gasteiger partial charge in [0.15, 0.2) is 28.1 Å². The largest absolute Gasteiger partial charge is 0.790 e. The number of nitrogens with two attached hydrogens (primary N) is 1. The molecule has 0 aliphatic carbocycles. The maximum atomic E-state index is 12.6. The van der Waals surface area contributed by atoms with Crippen LogP contribution in [0.15, 0.2) is 43.0 Å². The van der Waals surface area contributed by atoms with Crippen LogP contribution in [0.5, 0.6) is 0 Å². The van der Waals surface area contributed by atoms with Gasteiger partial charge >= 0.3 is 0 Å². The topological polar surface area (TPSA) is 412 Å². The highest BCUT2D eigenvalue weighted by Gasteiger charge is 2.55. The van der Waals surface area contributed by atoms with Crippen molar-refractivity contribution in [1.29, 1.82) is 0 Å². The lowest BCUT2D eigenvalue weighted by Crippen LogP contribution is -2.46. The fourth-order valence-corrected chi connectivity index (χ4v) is 9.33. The van der Waals surface area contributed by atoms with E-state index in [1.807, 2.05) is 0 Å². The molecule has 8 unspecified atom stereocenters. The Balaban J connectivity index is 1.19. The van der Waals surface area contributed by atoms with Gasteiger partial charge in [-0.25, -0.2) is 19.3 Å². The molecular formula is C33H44N7O19P3S-4. The summed E-state index contributed by atoms with van der Waals surface area (Å²) in [6.07, 6.45) is -7.97. The highest BCUT2D eigenvalue weighted by molar-refractivity contribution is 8.13. The van der Waals surface area contributed by atoms with Crippen LogP contribution in [0.25, 0.3) is 11.2 Å². The van der Waals surface area contributed by atoms with Crippen LogP contribution in [0, 0.1) is 5.41 Å². The number of nitrogen functional groups attached to an aromatic ring is 1. The number of hydrogen-bond acceptors (Lipinski definition) is 24. The van der Waals surface area contributed by atoms with Crippen LogP contribution in [0.3, 0.4) is 0 Å². The van der Waals surface area contributed by atoms with Crippen LogP contribution in [0.1, 0.15) is 50.4 Å². The van der Waals surface area contributed by atoms with Crippen LogP contribution < -0.4 is 35.9 Å². The molecule has 1 aliphatic heterocycles. The Kier molecular flexibility index (Phi) is 17.8. The number of Topliss-reactive ketones (excluding diaryl/α,β-unsaturated/α-hetero) is 1. The molecule has 0 spiro atoms. The van der Waals surface area contributed by atoms with Crippen molar-refractivity contribution >= 4 is 74.9 Å². The molecule has 7 N–H and O–H groups in total. The average molecular weight is 968 g/mol. The summed E-state index contributed by atoms with van der Waals surface area (Å²) in [6.45, 7) is 0.924. The van der Waals surface area contributed by atoms with E-state index in [2.05, 4.69) is 43.5 Å². The molecule has 0 bridgehead atoms. The lowest BCUT2D eigenvalue weighted by Gasteiger charge is -2.36. The third-order valence-corrected chi connectivity index (χ3v) is 13.1. The van der Waals surface area contributed by atoms with Crippen molar-refractivity contribution in [2.24, 2.45) is 5.41 Å². The van der Waals surface area contributed by atoms with Crippen molar-refractivity contribution in [3.63, 3.8) is 0 Å². The molecule has 26 nitrogen and oxygen atoms in total. The number of nitrogens with one attached hydrogen (secondary N) is 2. The van der Waals surface area contributed by atoms with Gasteiger partial charge in [0, 0.05) is 49.1 Å². The number of ketones is 1. The Labute approximate surface area is 362 Å². The molecule has 4 rings (SSSR count). The SMILES string of the molecule is CC(C)(COP(=O)([O-])OP(=O)([O-])OCC1OC(C)(n2cnc3c(N)ncnc32)C(O)C1OP(=O)([O-])[O-])C(O)C(=O)NCCC(=O)NCCSC(=O)CC(O)CC(=O)c1ccccc1. The molecule has 0 saturated carbocycles. The summed E-state index contributed by atoms with van der Waals surface area (Å²) in [6, 6.07) is 8.28. The Morgan fingerprint density at radius 1 is 1.00 bits per heavy atom. The maximum Gasteiger partial charge on any atom is 0.274 e. The zero-order valence-electron chi connectivity index (χ0n) is 33.6. The predicted octanol–water partition coefficient (Wildman–Crippen LogP) is -2.67. The molecule has 1 aliphatic rings. The monoisotopic (exact) mass is 967 g/mol. The third kappa shape index (κ3) is 15.0. The van der Waals surface area contributed by atoms with Crippen LogP contribution in [0.4, 0.5) is 5.82 Å². The Bertz CT molecular complexity index is 2250. The van der Waals surface area contributed by atoms with Crippen LogP contribution in [-0.2, 0) is 56.4 Å². The van der Waals surface area contributed by atoms with E-state index in [4.69, 9.17) is 10.5 Å². The van der Waals surface area contributed by atoms with Crippen molar-refractivity contribution in [2.75, 3.05) is 37.8 Å². The molecule has 30 heteroatoms. The lowest BCUT2D eigenvalue weighted by molar-refractivity contribution is -0.347. The number of carbonyl (C=O) groups excluding carboxylic acids is 4. The minimum absolute atomic E-state index is 0.0236. The molecule has 3 heterocycles. The first-order chi connectivity index (χ1) is 29.2. The molecule has 3 aromatic rings. The molecule has 1 saturated heterocycles. The summed E-state index contributed by atoms with van der Waals surface area (Å²) in [5.74, 6) is -1.87. The number of hydrogen-bond donors (Lipinski definition) is 6. The first-order valence-corrected chi connectivity index (χ1v) is 23.9. The second kappa shape index (κ2) is 21.6. The van der Waals surface area contributed by atoms with E-state index in [9.17, 15) is 67.8 Å². The summed E-state index contributed by atoms with van der Waals surface area (Å²) in [7, 11) is -17.7. The van der Waals surface area contributed by atoms with Gasteiger partial charge in [0.2, 0.25) is 11.8 Å². The minimum Gasteiger partial charge on any atom is -0.790 e. The molecule has 8 atom stereocenters. The normalized spacial score (nSPS) is 22.2. The number of imidazole rings is 1. The standard InChI is InChI=1S/C33H48N7O19P3S/c1-32(2,28(46)31(47)36-10-9-23(43)35-11-12-63-24(44)14-20(41)13-21(42)19-7-5-4-6-8-19)16-56-62(53,54)59-61(51,52)55-15-22-26(58-60(48,49)50)27(45)33(3,57-22)40-18-39-25-29(34)37-17-38-30(25)40/h4-8,17-18,20,22,26-28,41,45-46H,9-16H2,1-3H3,(H,35,43)(H,36,47)(H,51,52)(H,53,54)(H2,34,37,38)(H2,48,49,50)/p-4. The van der Waals surface area contributed by atoms with E-state index in [1.165, 1.54) is 20.8 Å². The van der Waals surface area contributed by atoms with E-state index in [0.717, 1.165) is 29.0 Å². The first-order valence-electron chi connectivity index (χ1n) is 18.5. The zero-order chi connectivity index (χ0) is 47.0. The van der Waals surface area contributed by atoms with Crippen LogP contribution in [-0.4, -0.2) is 120 Å². The van der Waals surface area contributed by atoms with Gasteiger partial charge in [-0.05, 0) is 6.92 Å². The third-order valence-electron chi connectivity index (χ3n) is 9.15. The van der Waals surface area contributed by atoms with Crippen molar-refractivity contribution in [3.8, 4) is 0 Å². The highest BCUT2D eigenvalue weighted by Crippen LogP contribution is 2.56. The quantitative estimate of drug-likeness (QED) is 0.0303. The van der Waals surface area contributed by atoms with Crippen molar-refractivity contribution in [1.82, 2.24) is 30.2 Å². The predicted molar refractivity (Wildman–Crippen MR) is 209 cm³/mol. The number of aliphatic hydroxyl groups is 3. The number of phosphoric ester groups is 3. The second-order valence-electron chi connectivity index (χ2n) is 14.6. The number of anilines is 1. The van der Waals surface area contributed by atoms with Gasteiger partial charge in [0.1, 0.15) is 36.3 Å². The first kappa shape index (κ1) is 52.0. The fourth-order valence-electron chi connectivity index (χ4n) is 5.86. The smallest absolute Gasteiger partial charge is 0.274 e. The molecule has 1 fully saturated rings. The van der Waals surface area contributed by atoms with E-state index in [1.54, 1.807) is 30.3 Å². The molecule has 2 amide bonds. The number of phosphoric acid groups is 3.